The van der Waals surface area contributed by atoms with Gasteiger partial charge < -0.3 is 14.8 Å². The van der Waals surface area contributed by atoms with E-state index in [4.69, 9.17) is 9.47 Å². The van der Waals surface area contributed by atoms with E-state index in [1.54, 1.807) is 11.3 Å². The molecule has 0 saturated carbocycles. The van der Waals surface area contributed by atoms with Crippen LogP contribution in [0.15, 0.2) is 5.38 Å². The van der Waals surface area contributed by atoms with E-state index in [9.17, 15) is 0 Å². The maximum absolute atomic E-state index is 5.72. The number of thiazole rings is 1. The third kappa shape index (κ3) is 5.87. The third-order valence-corrected chi connectivity index (χ3v) is 4.09. The lowest BCUT2D eigenvalue weighted by atomic mass is 10.1. The van der Waals surface area contributed by atoms with E-state index >= 15 is 0 Å². The Morgan fingerprint density at radius 1 is 1.45 bits per heavy atom. The van der Waals surface area contributed by atoms with Gasteiger partial charge >= 0.3 is 0 Å². The second-order valence-corrected chi connectivity index (χ2v) is 7.28. The lowest BCUT2D eigenvalue weighted by molar-refractivity contribution is -0.0452. The SMILES string of the molecule is CC(C)(C)NCc1nc(COCC2CCCCO2)cs1. The Hall–Kier alpha value is -0.490. The Labute approximate surface area is 125 Å². The summed E-state index contributed by atoms with van der Waals surface area (Å²) >= 11 is 1.69. The van der Waals surface area contributed by atoms with E-state index < -0.39 is 0 Å². The van der Waals surface area contributed by atoms with Gasteiger partial charge in [-0.3, -0.25) is 0 Å². The van der Waals surface area contributed by atoms with E-state index in [1.165, 1.54) is 12.8 Å². The number of aromatic nitrogens is 1. The average molecular weight is 298 g/mol. The summed E-state index contributed by atoms with van der Waals surface area (Å²) in [5, 5.41) is 6.65. The van der Waals surface area contributed by atoms with Crippen molar-refractivity contribution in [1.82, 2.24) is 10.3 Å². The number of rotatable bonds is 6. The quantitative estimate of drug-likeness (QED) is 0.876. The molecule has 1 fully saturated rings. The fourth-order valence-electron chi connectivity index (χ4n) is 2.07. The molecule has 0 spiro atoms. The van der Waals surface area contributed by atoms with Gasteiger partial charge in [-0.25, -0.2) is 4.98 Å². The molecule has 114 valence electrons. The fraction of sp³-hybridized carbons (Fsp3) is 0.800. The van der Waals surface area contributed by atoms with Crippen LogP contribution in [-0.2, 0) is 22.6 Å². The zero-order chi connectivity index (χ0) is 14.4. The highest BCUT2D eigenvalue weighted by molar-refractivity contribution is 7.09. The van der Waals surface area contributed by atoms with Crippen LogP contribution in [0, 0.1) is 0 Å². The van der Waals surface area contributed by atoms with Crippen LogP contribution in [0.25, 0.3) is 0 Å². The first-order valence-electron chi connectivity index (χ1n) is 7.40. The molecule has 0 radical (unpaired) electrons. The van der Waals surface area contributed by atoms with Gasteiger partial charge in [0.2, 0.25) is 0 Å². The predicted molar refractivity (Wildman–Crippen MR) is 82.0 cm³/mol. The standard InChI is InChI=1S/C15H26N2O2S/c1-15(2,3)16-8-14-17-12(11-20-14)9-18-10-13-6-4-5-7-19-13/h11,13,16H,4-10H2,1-3H3. The number of nitrogens with zero attached hydrogens (tertiary/aromatic N) is 1. The minimum atomic E-state index is 0.126. The number of hydrogen-bond donors (Lipinski definition) is 1. The lowest BCUT2D eigenvalue weighted by Gasteiger charge is -2.22. The van der Waals surface area contributed by atoms with Gasteiger partial charge in [0.25, 0.3) is 0 Å². The van der Waals surface area contributed by atoms with Gasteiger partial charge in [0, 0.05) is 24.1 Å². The summed E-state index contributed by atoms with van der Waals surface area (Å²) in [6.07, 6.45) is 3.85. The molecule has 0 bridgehead atoms. The second kappa shape index (κ2) is 7.50. The summed E-state index contributed by atoms with van der Waals surface area (Å²) in [5.41, 5.74) is 1.15. The molecule has 1 aliphatic heterocycles. The van der Waals surface area contributed by atoms with E-state index in [0.29, 0.717) is 13.2 Å². The number of ether oxygens (including phenoxy) is 2. The molecule has 4 nitrogen and oxygen atoms in total. The normalized spacial score (nSPS) is 20.2. The molecule has 1 saturated heterocycles. The lowest BCUT2D eigenvalue weighted by Crippen LogP contribution is -2.35. The Balaban J connectivity index is 1.67. The first kappa shape index (κ1) is 15.9. The van der Waals surface area contributed by atoms with Gasteiger partial charge in [0.15, 0.2) is 0 Å². The minimum Gasteiger partial charge on any atom is -0.376 e. The second-order valence-electron chi connectivity index (χ2n) is 6.34. The van der Waals surface area contributed by atoms with Gasteiger partial charge in [-0.15, -0.1) is 11.3 Å². The van der Waals surface area contributed by atoms with Gasteiger partial charge in [-0.05, 0) is 40.0 Å². The Bertz CT molecular complexity index is 395. The van der Waals surface area contributed by atoms with Crippen LogP contribution in [0.3, 0.4) is 0 Å². The molecule has 2 heterocycles. The molecule has 1 unspecified atom stereocenters. The largest absolute Gasteiger partial charge is 0.376 e. The van der Waals surface area contributed by atoms with Crippen LogP contribution in [0.1, 0.15) is 50.7 Å². The maximum Gasteiger partial charge on any atom is 0.107 e. The number of nitrogens with one attached hydrogen (secondary N) is 1. The molecular formula is C15H26N2O2S. The summed E-state index contributed by atoms with van der Waals surface area (Å²) < 4.78 is 11.4. The summed E-state index contributed by atoms with van der Waals surface area (Å²) in [7, 11) is 0. The molecule has 1 N–H and O–H groups in total. The van der Waals surface area contributed by atoms with Crippen molar-refractivity contribution in [2.24, 2.45) is 0 Å². The highest BCUT2D eigenvalue weighted by Crippen LogP contribution is 2.15. The molecule has 5 heteroatoms. The zero-order valence-corrected chi connectivity index (χ0v) is 13.6. The summed E-state index contributed by atoms with van der Waals surface area (Å²) in [6.45, 7) is 9.46. The van der Waals surface area contributed by atoms with E-state index in [2.05, 4.69) is 36.5 Å². The molecule has 2 rings (SSSR count). The fourth-order valence-corrected chi connectivity index (χ4v) is 2.79. The van der Waals surface area contributed by atoms with E-state index in [-0.39, 0.29) is 11.6 Å². The molecule has 1 aromatic heterocycles. The molecule has 1 atom stereocenters. The molecule has 0 amide bonds. The van der Waals surface area contributed by atoms with Gasteiger partial charge in [0.05, 0.1) is 25.0 Å². The first-order valence-corrected chi connectivity index (χ1v) is 8.28. The van der Waals surface area contributed by atoms with Crippen molar-refractivity contribution in [3.63, 3.8) is 0 Å². The molecular weight excluding hydrogens is 272 g/mol. The average Bonchev–Trinajstić information content (AvgIpc) is 2.85. The topological polar surface area (TPSA) is 43.4 Å². The van der Waals surface area contributed by atoms with E-state index in [1.807, 2.05) is 0 Å². The van der Waals surface area contributed by atoms with Crippen LogP contribution < -0.4 is 5.32 Å². The van der Waals surface area contributed by atoms with Crippen LogP contribution >= 0.6 is 11.3 Å². The first-order chi connectivity index (χ1) is 9.53. The Morgan fingerprint density at radius 3 is 3.00 bits per heavy atom. The highest BCUT2D eigenvalue weighted by atomic mass is 32.1. The van der Waals surface area contributed by atoms with Crippen molar-refractivity contribution in [2.45, 2.75) is 64.8 Å². The highest BCUT2D eigenvalue weighted by Gasteiger charge is 2.14. The van der Waals surface area contributed by atoms with Gasteiger partial charge in [0.1, 0.15) is 5.01 Å². The van der Waals surface area contributed by atoms with Crippen molar-refractivity contribution in [3.8, 4) is 0 Å². The predicted octanol–water partition coefficient (Wildman–Crippen LogP) is 3.12. The van der Waals surface area contributed by atoms with Crippen LogP contribution in [0.5, 0.6) is 0 Å². The summed E-state index contributed by atoms with van der Waals surface area (Å²) in [4.78, 5) is 4.59. The summed E-state index contributed by atoms with van der Waals surface area (Å²) in [6, 6.07) is 0. The molecule has 20 heavy (non-hydrogen) atoms. The molecule has 1 aliphatic rings. The smallest absolute Gasteiger partial charge is 0.107 e. The molecule has 0 aromatic carbocycles. The van der Waals surface area contributed by atoms with Gasteiger partial charge in [-0.1, -0.05) is 0 Å². The Kier molecular flexibility index (Phi) is 5.96. The van der Waals surface area contributed by atoms with Crippen molar-refractivity contribution in [1.29, 1.82) is 0 Å². The number of hydrogen-bond acceptors (Lipinski definition) is 5. The van der Waals surface area contributed by atoms with Crippen molar-refractivity contribution in [2.75, 3.05) is 13.2 Å². The zero-order valence-electron chi connectivity index (χ0n) is 12.8. The third-order valence-electron chi connectivity index (χ3n) is 3.20. The van der Waals surface area contributed by atoms with Gasteiger partial charge in [-0.2, -0.15) is 0 Å². The van der Waals surface area contributed by atoms with Crippen LogP contribution in [0.2, 0.25) is 0 Å². The van der Waals surface area contributed by atoms with E-state index in [0.717, 1.165) is 30.3 Å². The minimum absolute atomic E-state index is 0.126. The van der Waals surface area contributed by atoms with Crippen molar-refractivity contribution in [3.05, 3.63) is 16.1 Å². The van der Waals surface area contributed by atoms with Crippen molar-refractivity contribution < 1.29 is 9.47 Å². The van der Waals surface area contributed by atoms with Crippen molar-refractivity contribution >= 4 is 11.3 Å². The monoisotopic (exact) mass is 298 g/mol. The van der Waals surface area contributed by atoms with Crippen LogP contribution in [0.4, 0.5) is 0 Å². The molecule has 1 aromatic rings. The maximum atomic E-state index is 5.72. The van der Waals surface area contributed by atoms with Crippen LogP contribution in [-0.4, -0.2) is 29.8 Å². The Morgan fingerprint density at radius 2 is 2.30 bits per heavy atom. The summed E-state index contributed by atoms with van der Waals surface area (Å²) in [5.74, 6) is 0. The molecule has 0 aliphatic carbocycles.